The van der Waals surface area contributed by atoms with E-state index in [-0.39, 0.29) is 18.3 Å². The van der Waals surface area contributed by atoms with Crippen molar-refractivity contribution in [3.8, 4) is 5.75 Å². The van der Waals surface area contributed by atoms with Gasteiger partial charge in [-0.25, -0.2) is 0 Å². The number of hydrogen-bond donors (Lipinski definition) is 0. The lowest BCUT2D eigenvalue weighted by Gasteiger charge is -2.30. The summed E-state index contributed by atoms with van der Waals surface area (Å²) in [6.07, 6.45) is 0.805. The number of esters is 1. The minimum absolute atomic E-state index is 0.00752. The van der Waals surface area contributed by atoms with Gasteiger partial charge < -0.3 is 14.4 Å². The van der Waals surface area contributed by atoms with Crippen molar-refractivity contribution in [2.45, 2.75) is 20.3 Å². The lowest BCUT2D eigenvalue weighted by atomic mass is 10.1. The fourth-order valence-electron chi connectivity index (χ4n) is 2.07. The molecule has 0 bridgehead atoms. The molecular formula is C15H19NO4. The second-order valence-corrected chi connectivity index (χ2v) is 4.73. The highest BCUT2D eigenvalue weighted by Gasteiger charge is 2.21. The van der Waals surface area contributed by atoms with Gasteiger partial charge in [-0.2, -0.15) is 0 Å². The summed E-state index contributed by atoms with van der Waals surface area (Å²) >= 11 is 0. The van der Waals surface area contributed by atoms with Crippen molar-refractivity contribution < 1.29 is 19.1 Å². The van der Waals surface area contributed by atoms with Crippen molar-refractivity contribution in [1.82, 2.24) is 0 Å². The highest BCUT2D eigenvalue weighted by Crippen LogP contribution is 2.32. The Kier molecular flexibility index (Phi) is 4.61. The molecule has 0 N–H and O–H groups in total. The van der Waals surface area contributed by atoms with Gasteiger partial charge in [-0.1, -0.05) is 6.92 Å². The molecule has 0 fully saturated rings. The summed E-state index contributed by atoms with van der Waals surface area (Å²) in [4.78, 5) is 25.1. The zero-order valence-electron chi connectivity index (χ0n) is 11.8. The fraction of sp³-hybridized carbons (Fsp3) is 0.467. The quantitative estimate of drug-likeness (QED) is 0.609. The summed E-state index contributed by atoms with van der Waals surface area (Å²) in [6, 6.07) is 5.28. The molecule has 0 spiro atoms. The van der Waals surface area contributed by atoms with Crippen LogP contribution in [0.25, 0.3) is 0 Å². The van der Waals surface area contributed by atoms with Crippen molar-refractivity contribution >= 4 is 17.4 Å². The Morgan fingerprint density at radius 2 is 2.20 bits per heavy atom. The van der Waals surface area contributed by atoms with E-state index in [0.29, 0.717) is 31.1 Å². The molecule has 0 aromatic heterocycles. The second-order valence-electron chi connectivity index (χ2n) is 4.73. The molecular weight excluding hydrogens is 258 g/mol. The Balaban J connectivity index is 2.16. The van der Waals surface area contributed by atoms with Gasteiger partial charge in [0.25, 0.3) is 0 Å². The number of ketones is 1. The highest BCUT2D eigenvalue weighted by molar-refractivity contribution is 5.95. The van der Waals surface area contributed by atoms with E-state index in [2.05, 4.69) is 0 Å². The largest absolute Gasteiger partial charge is 0.490 e. The number of anilines is 1. The maximum Gasteiger partial charge on any atom is 0.325 e. The summed E-state index contributed by atoms with van der Waals surface area (Å²) in [6.45, 7) is 5.21. The molecule has 0 saturated carbocycles. The van der Waals surface area contributed by atoms with E-state index in [1.54, 1.807) is 18.2 Å². The van der Waals surface area contributed by atoms with Crippen LogP contribution in [-0.2, 0) is 9.53 Å². The van der Waals surface area contributed by atoms with E-state index in [1.165, 1.54) is 6.92 Å². The Hall–Kier alpha value is -2.04. The van der Waals surface area contributed by atoms with Crippen LogP contribution in [0.4, 0.5) is 5.69 Å². The smallest absolute Gasteiger partial charge is 0.325 e. The van der Waals surface area contributed by atoms with Crippen molar-refractivity contribution in [3.05, 3.63) is 23.8 Å². The predicted octanol–water partition coefficient (Wildman–Crippen LogP) is 2.04. The molecule has 0 aliphatic carbocycles. The average molecular weight is 277 g/mol. The standard InChI is InChI=1S/C15H19NO4/c1-3-7-20-15(18)10-16-6-8-19-14-5-4-12(11(2)17)9-13(14)16/h4-5,9H,3,6-8,10H2,1-2H3. The number of fused-ring (bicyclic) bond motifs is 1. The van der Waals surface area contributed by atoms with Crippen LogP contribution >= 0.6 is 0 Å². The molecule has 1 aliphatic rings. The predicted molar refractivity (Wildman–Crippen MR) is 75.4 cm³/mol. The third-order valence-electron chi connectivity index (χ3n) is 3.11. The van der Waals surface area contributed by atoms with Gasteiger partial charge >= 0.3 is 5.97 Å². The van der Waals surface area contributed by atoms with Crippen LogP contribution in [0.1, 0.15) is 30.6 Å². The third-order valence-corrected chi connectivity index (χ3v) is 3.11. The van der Waals surface area contributed by atoms with Gasteiger partial charge in [0, 0.05) is 5.56 Å². The van der Waals surface area contributed by atoms with Crippen molar-refractivity contribution in [3.63, 3.8) is 0 Å². The van der Waals surface area contributed by atoms with Crippen LogP contribution in [0.15, 0.2) is 18.2 Å². The summed E-state index contributed by atoms with van der Waals surface area (Å²) in [5, 5.41) is 0. The first kappa shape index (κ1) is 14.4. The molecule has 0 unspecified atom stereocenters. The number of hydrogen-bond acceptors (Lipinski definition) is 5. The van der Waals surface area contributed by atoms with Crippen LogP contribution in [0.5, 0.6) is 5.75 Å². The average Bonchev–Trinajstić information content (AvgIpc) is 2.45. The number of benzene rings is 1. The maximum absolute atomic E-state index is 11.7. The van der Waals surface area contributed by atoms with Crippen molar-refractivity contribution in [2.75, 3.05) is 31.2 Å². The summed E-state index contributed by atoms with van der Waals surface area (Å²) in [5.41, 5.74) is 1.39. The Bertz CT molecular complexity index is 513. The number of carbonyl (C=O) groups excluding carboxylic acids is 2. The van der Waals surface area contributed by atoms with E-state index < -0.39 is 0 Å². The molecule has 2 rings (SSSR count). The van der Waals surface area contributed by atoms with Crippen LogP contribution in [0, 0.1) is 0 Å². The fourth-order valence-corrected chi connectivity index (χ4v) is 2.07. The Morgan fingerprint density at radius 3 is 2.90 bits per heavy atom. The number of carbonyl (C=O) groups is 2. The van der Waals surface area contributed by atoms with Gasteiger partial charge in [0.1, 0.15) is 18.9 Å². The molecule has 0 radical (unpaired) electrons. The van der Waals surface area contributed by atoms with Gasteiger partial charge in [-0.05, 0) is 31.5 Å². The number of rotatable bonds is 5. The second kappa shape index (κ2) is 6.41. The molecule has 1 aromatic rings. The van der Waals surface area contributed by atoms with Crippen molar-refractivity contribution in [2.24, 2.45) is 0 Å². The van der Waals surface area contributed by atoms with E-state index in [9.17, 15) is 9.59 Å². The van der Waals surface area contributed by atoms with Crippen LogP contribution in [0.2, 0.25) is 0 Å². The molecule has 108 valence electrons. The monoisotopic (exact) mass is 277 g/mol. The molecule has 1 heterocycles. The molecule has 1 aromatic carbocycles. The van der Waals surface area contributed by atoms with Crippen LogP contribution < -0.4 is 9.64 Å². The molecule has 20 heavy (non-hydrogen) atoms. The van der Waals surface area contributed by atoms with E-state index >= 15 is 0 Å². The lowest BCUT2D eigenvalue weighted by molar-refractivity contribution is -0.142. The Labute approximate surface area is 118 Å². The minimum atomic E-state index is -0.257. The molecule has 5 heteroatoms. The highest BCUT2D eigenvalue weighted by atomic mass is 16.5. The molecule has 0 atom stereocenters. The number of nitrogens with zero attached hydrogens (tertiary/aromatic N) is 1. The van der Waals surface area contributed by atoms with Gasteiger partial charge in [0.15, 0.2) is 5.78 Å². The molecule has 0 saturated heterocycles. The third kappa shape index (κ3) is 3.29. The molecule has 5 nitrogen and oxygen atoms in total. The van der Waals surface area contributed by atoms with Crippen LogP contribution in [0.3, 0.4) is 0 Å². The Morgan fingerprint density at radius 1 is 1.40 bits per heavy atom. The minimum Gasteiger partial charge on any atom is -0.490 e. The maximum atomic E-state index is 11.7. The van der Waals surface area contributed by atoms with E-state index in [0.717, 1.165) is 12.1 Å². The number of Topliss-reactive ketones (excluding diaryl/α,β-unsaturated/α-hetero) is 1. The SMILES string of the molecule is CCCOC(=O)CN1CCOc2ccc(C(C)=O)cc21. The van der Waals surface area contributed by atoms with E-state index in [1.807, 2.05) is 11.8 Å². The van der Waals surface area contributed by atoms with E-state index in [4.69, 9.17) is 9.47 Å². The first-order valence-corrected chi connectivity index (χ1v) is 6.80. The summed E-state index contributed by atoms with van der Waals surface area (Å²) in [7, 11) is 0. The summed E-state index contributed by atoms with van der Waals surface area (Å²) < 4.78 is 10.6. The zero-order chi connectivity index (χ0) is 14.5. The first-order chi connectivity index (χ1) is 9.61. The topological polar surface area (TPSA) is 55.8 Å². The first-order valence-electron chi connectivity index (χ1n) is 6.80. The summed E-state index contributed by atoms with van der Waals surface area (Å²) in [5.74, 6) is 0.435. The van der Waals surface area contributed by atoms with Crippen LogP contribution in [-0.4, -0.2) is 38.1 Å². The van der Waals surface area contributed by atoms with Gasteiger partial charge in [0.05, 0.1) is 18.8 Å². The van der Waals surface area contributed by atoms with Gasteiger partial charge in [-0.15, -0.1) is 0 Å². The lowest BCUT2D eigenvalue weighted by Crippen LogP contribution is -2.37. The zero-order valence-corrected chi connectivity index (χ0v) is 11.8. The van der Waals surface area contributed by atoms with Gasteiger partial charge in [-0.3, -0.25) is 9.59 Å². The van der Waals surface area contributed by atoms with Crippen molar-refractivity contribution in [1.29, 1.82) is 0 Å². The normalized spacial score (nSPS) is 13.4. The molecule has 0 amide bonds. The van der Waals surface area contributed by atoms with Gasteiger partial charge in [0.2, 0.25) is 0 Å². The molecule has 1 aliphatic heterocycles. The number of ether oxygens (including phenoxy) is 2.